The Hall–Kier alpha value is -7.22. The number of benzene rings is 3. The first-order valence-electron chi connectivity index (χ1n) is 18.0. The zero-order chi connectivity index (χ0) is 36.6. The van der Waals surface area contributed by atoms with Crippen molar-refractivity contribution in [3.8, 4) is 77.9 Å². The van der Waals surface area contributed by atoms with Gasteiger partial charge in [0.15, 0.2) is 0 Å². The maximum Gasteiger partial charge on any atom is 0.0900 e. The standard InChI is InChI=1S/C48H30N6S/c1-2-12-39-38(11-1)48-45(44(35-9-7-23-49-29-35)47(55-48)36-10-8-24-50-30-36)46(54-39)34-21-19-32(20-22-34)31-15-17-33(18-16-31)37-27-42(40-13-3-5-25-51-40)53-43(28-37)41-14-4-6-26-52-41/h1-30H. The van der Waals surface area contributed by atoms with Crippen molar-refractivity contribution in [3.05, 3.63) is 183 Å². The van der Waals surface area contributed by atoms with Crippen molar-refractivity contribution in [1.82, 2.24) is 29.9 Å². The summed E-state index contributed by atoms with van der Waals surface area (Å²) in [5.74, 6) is 0. The van der Waals surface area contributed by atoms with Gasteiger partial charge in [0.25, 0.3) is 0 Å². The van der Waals surface area contributed by atoms with Gasteiger partial charge in [-0.15, -0.1) is 11.3 Å². The molecule has 55 heavy (non-hydrogen) atoms. The molecule has 10 rings (SSSR count). The third kappa shape index (κ3) is 6.12. The Labute approximate surface area is 321 Å². The van der Waals surface area contributed by atoms with Crippen molar-refractivity contribution < 1.29 is 0 Å². The van der Waals surface area contributed by atoms with Crippen molar-refractivity contribution in [3.63, 3.8) is 0 Å². The quantitative estimate of drug-likeness (QED) is 0.163. The second kappa shape index (κ2) is 14.0. The van der Waals surface area contributed by atoms with Crippen LogP contribution in [0.3, 0.4) is 0 Å². The average molecular weight is 723 g/mol. The lowest BCUT2D eigenvalue weighted by molar-refractivity contribution is 1.22. The molecule has 258 valence electrons. The molecule has 7 heterocycles. The van der Waals surface area contributed by atoms with E-state index in [0.717, 1.165) is 94.1 Å². The van der Waals surface area contributed by atoms with Gasteiger partial charge in [-0.2, -0.15) is 0 Å². The molecule has 0 N–H and O–H groups in total. The number of fused-ring (bicyclic) bond motifs is 3. The fraction of sp³-hybridized carbons (Fsp3) is 0. The average Bonchev–Trinajstić information content (AvgIpc) is 3.69. The van der Waals surface area contributed by atoms with Gasteiger partial charge in [-0.25, -0.2) is 9.97 Å². The zero-order valence-corrected chi connectivity index (χ0v) is 30.2. The minimum absolute atomic E-state index is 0.805. The summed E-state index contributed by atoms with van der Waals surface area (Å²) in [6.45, 7) is 0. The van der Waals surface area contributed by atoms with Crippen LogP contribution in [0.25, 0.3) is 98.8 Å². The van der Waals surface area contributed by atoms with Gasteiger partial charge in [0.2, 0.25) is 0 Å². The molecule has 0 saturated carbocycles. The van der Waals surface area contributed by atoms with E-state index in [1.807, 2.05) is 73.3 Å². The Morgan fingerprint density at radius 3 is 1.55 bits per heavy atom. The van der Waals surface area contributed by atoms with Gasteiger partial charge in [0.1, 0.15) is 0 Å². The minimum atomic E-state index is 0.805. The van der Waals surface area contributed by atoms with Gasteiger partial charge in [0.05, 0.1) is 34.0 Å². The predicted octanol–water partition coefficient (Wildman–Crippen LogP) is 12.1. The predicted molar refractivity (Wildman–Crippen MR) is 224 cm³/mol. The molecule has 0 aliphatic rings. The molecule has 0 amide bonds. The maximum absolute atomic E-state index is 5.33. The Kier molecular flexibility index (Phi) is 8.24. The molecule has 0 radical (unpaired) electrons. The lowest BCUT2D eigenvalue weighted by Crippen LogP contribution is -1.94. The van der Waals surface area contributed by atoms with Gasteiger partial charge in [-0.1, -0.05) is 91.0 Å². The molecule has 0 saturated heterocycles. The van der Waals surface area contributed by atoms with Crippen LogP contribution < -0.4 is 0 Å². The summed E-state index contributed by atoms with van der Waals surface area (Å²) in [6, 6.07) is 50.1. The lowest BCUT2D eigenvalue weighted by atomic mass is 9.95. The van der Waals surface area contributed by atoms with Crippen LogP contribution in [-0.4, -0.2) is 29.9 Å². The SMILES string of the molecule is c1ccc(-c2cc(-c3ccc(-c4ccc(-c5nc6ccccc6c6sc(-c7cccnc7)c(-c7cccnc7)c56)cc4)cc3)cc(-c3ccccn3)n2)nc1. The Bertz CT molecular complexity index is 2880. The van der Waals surface area contributed by atoms with Crippen LogP contribution in [-0.2, 0) is 0 Å². The van der Waals surface area contributed by atoms with E-state index in [1.54, 1.807) is 23.7 Å². The van der Waals surface area contributed by atoms with E-state index >= 15 is 0 Å². The number of rotatable bonds is 7. The van der Waals surface area contributed by atoms with Crippen LogP contribution in [0.4, 0.5) is 0 Å². The third-order valence-electron chi connectivity index (χ3n) is 9.79. The molecule has 0 aliphatic heterocycles. The molecule has 3 aromatic carbocycles. The fourth-order valence-corrected chi connectivity index (χ4v) is 8.49. The topological polar surface area (TPSA) is 77.3 Å². The number of hydrogen-bond donors (Lipinski definition) is 0. The van der Waals surface area contributed by atoms with Crippen molar-refractivity contribution in [2.24, 2.45) is 0 Å². The van der Waals surface area contributed by atoms with E-state index in [4.69, 9.17) is 9.97 Å². The second-order valence-corrected chi connectivity index (χ2v) is 14.2. The number of pyridine rings is 6. The van der Waals surface area contributed by atoms with Crippen LogP contribution in [0.2, 0.25) is 0 Å². The number of para-hydroxylation sites is 1. The Morgan fingerprint density at radius 2 is 0.964 bits per heavy atom. The summed E-state index contributed by atoms with van der Waals surface area (Å²) in [4.78, 5) is 29.6. The van der Waals surface area contributed by atoms with Crippen LogP contribution >= 0.6 is 11.3 Å². The van der Waals surface area contributed by atoms with Crippen molar-refractivity contribution in [2.45, 2.75) is 0 Å². The first-order chi connectivity index (χ1) is 27.3. The van der Waals surface area contributed by atoms with Crippen molar-refractivity contribution in [1.29, 1.82) is 0 Å². The van der Waals surface area contributed by atoms with Crippen LogP contribution in [0.15, 0.2) is 183 Å². The maximum atomic E-state index is 5.33. The number of nitrogens with zero attached hydrogens (tertiary/aromatic N) is 6. The first kappa shape index (κ1) is 32.4. The molecular formula is C48H30N6S. The summed E-state index contributed by atoms with van der Waals surface area (Å²) in [7, 11) is 0. The molecule has 7 heteroatoms. The monoisotopic (exact) mass is 722 g/mol. The number of hydrogen-bond acceptors (Lipinski definition) is 7. The molecule has 0 unspecified atom stereocenters. The van der Waals surface area contributed by atoms with E-state index < -0.39 is 0 Å². The summed E-state index contributed by atoms with van der Waals surface area (Å²) >= 11 is 1.79. The third-order valence-corrected chi connectivity index (χ3v) is 11.1. The number of thiophene rings is 1. The molecule has 0 aliphatic carbocycles. The summed E-state index contributed by atoms with van der Waals surface area (Å²) in [5, 5.41) is 2.26. The number of aromatic nitrogens is 6. The molecule has 0 atom stereocenters. The molecule has 10 aromatic rings. The van der Waals surface area contributed by atoms with E-state index in [-0.39, 0.29) is 0 Å². The van der Waals surface area contributed by atoms with Gasteiger partial charge in [-0.05, 0) is 76.9 Å². The minimum Gasteiger partial charge on any atom is -0.264 e. The molecule has 0 bridgehead atoms. The summed E-state index contributed by atoms with van der Waals surface area (Å²) in [5.41, 5.74) is 13.9. The molecular weight excluding hydrogens is 693 g/mol. The van der Waals surface area contributed by atoms with E-state index in [9.17, 15) is 0 Å². The highest BCUT2D eigenvalue weighted by molar-refractivity contribution is 7.24. The van der Waals surface area contributed by atoms with Gasteiger partial charge in [-0.3, -0.25) is 19.9 Å². The van der Waals surface area contributed by atoms with Crippen LogP contribution in [0.1, 0.15) is 0 Å². The fourth-order valence-electron chi connectivity index (χ4n) is 7.15. The zero-order valence-electron chi connectivity index (χ0n) is 29.4. The highest BCUT2D eigenvalue weighted by Crippen LogP contribution is 2.49. The molecule has 6 nitrogen and oxygen atoms in total. The van der Waals surface area contributed by atoms with E-state index in [2.05, 4.69) is 117 Å². The normalized spacial score (nSPS) is 11.3. The van der Waals surface area contributed by atoms with Crippen LogP contribution in [0, 0.1) is 0 Å². The first-order valence-corrected chi connectivity index (χ1v) is 18.8. The lowest BCUT2D eigenvalue weighted by Gasteiger charge is -2.12. The van der Waals surface area contributed by atoms with Crippen molar-refractivity contribution >= 4 is 32.3 Å². The van der Waals surface area contributed by atoms with Gasteiger partial charge in [0, 0.05) is 79.8 Å². The summed E-state index contributed by atoms with van der Waals surface area (Å²) < 4.78 is 1.20. The van der Waals surface area contributed by atoms with E-state index in [0.29, 0.717) is 0 Å². The van der Waals surface area contributed by atoms with Gasteiger partial charge < -0.3 is 0 Å². The smallest absolute Gasteiger partial charge is 0.0900 e. The highest BCUT2D eigenvalue weighted by Gasteiger charge is 2.23. The Balaban J connectivity index is 1.05. The van der Waals surface area contributed by atoms with E-state index in [1.165, 1.54) is 4.70 Å². The highest BCUT2D eigenvalue weighted by atomic mass is 32.1. The molecule has 0 spiro atoms. The largest absolute Gasteiger partial charge is 0.264 e. The summed E-state index contributed by atoms with van der Waals surface area (Å²) in [6.07, 6.45) is 11.1. The second-order valence-electron chi connectivity index (χ2n) is 13.2. The van der Waals surface area contributed by atoms with Crippen LogP contribution in [0.5, 0.6) is 0 Å². The molecule has 7 aromatic heterocycles. The Morgan fingerprint density at radius 1 is 0.400 bits per heavy atom. The van der Waals surface area contributed by atoms with Gasteiger partial charge >= 0.3 is 0 Å². The molecule has 0 fully saturated rings. The van der Waals surface area contributed by atoms with Crippen molar-refractivity contribution in [2.75, 3.05) is 0 Å².